The van der Waals surface area contributed by atoms with Gasteiger partial charge in [-0.15, -0.1) is 13.2 Å². The van der Waals surface area contributed by atoms with Gasteiger partial charge in [0, 0.05) is 24.3 Å². The fourth-order valence-electron chi connectivity index (χ4n) is 8.67. The topological polar surface area (TPSA) is 90.4 Å². The summed E-state index contributed by atoms with van der Waals surface area (Å²) in [5.74, 6) is -2.51. The van der Waals surface area contributed by atoms with Crippen LogP contribution in [0.4, 0.5) is 5.69 Å². The molecule has 8 heteroatoms. The third-order valence-corrected chi connectivity index (χ3v) is 10.2. The molecule has 1 aromatic carbocycles. The molecule has 4 rings (SSSR count). The summed E-state index contributed by atoms with van der Waals surface area (Å²) in [6.45, 7) is 24.5. The summed E-state index contributed by atoms with van der Waals surface area (Å²) in [4.78, 5) is 49.5. The summed E-state index contributed by atoms with van der Waals surface area (Å²) in [5, 5.41) is 10.5. The highest BCUT2D eigenvalue weighted by molar-refractivity contribution is 6.03. The maximum atomic E-state index is 15.0. The standard InChI is InChI=1S/C36H53N3O5/c1-11-19-37(26-17-15-14-16-18-26)30(41)27-28-31(42)39(25(13-3)22-40)29(36(28)21-24(4)35(27,10)44-36)32(43)38(20-12-2)34(8,9)23-33(5,6)7/h11-12,14-18,24-25,27-29,40H,1-2,13,19-23H2,3-10H3/t24?,25-,27+,28-,29?,35-,36?/m0/s1. The molecule has 2 bridgehead atoms. The number of hydrogen-bond donors (Lipinski definition) is 1. The van der Waals surface area contributed by atoms with Crippen LogP contribution >= 0.6 is 0 Å². The number of likely N-dealkylation sites (tertiary alicyclic amines) is 1. The van der Waals surface area contributed by atoms with Gasteiger partial charge in [0.15, 0.2) is 0 Å². The Morgan fingerprint density at radius 2 is 1.73 bits per heavy atom. The molecule has 3 fully saturated rings. The maximum Gasteiger partial charge on any atom is 0.249 e. The first-order chi connectivity index (χ1) is 20.5. The number of nitrogens with zero attached hydrogens (tertiary/aromatic N) is 3. The number of rotatable bonds is 12. The number of para-hydroxylation sites is 1. The van der Waals surface area contributed by atoms with Gasteiger partial charge in [-0.1, -0.05) is 65.0 Å². The van der Waals surface area contributed by atoms with Gasteiger partial charge in [0.1, 0.15) is 11.6 Å². The average Bonchev–Trinajstić information content (AvgIpc) is 3.46. The minimum absolute atomic E-state index is 0.0693. The van der Waals surface area contributed by atoms with E-state index in [1.165, 1.54) is 0 Å². The minimum Gasteiger partial charge on any atom is -0.394 e. The van der Waals surface area contributed by atoms with Crippen LogP contribution in [0.15, 0.2) is 55.6 Å². The van der Waals surface area contributed by atoms with Crippen molar-refractivity contribution in [1.29, 1.82) is 0 Å². The van der Waals surface area contributed by atoms with E-state index in [1.807, 2.05) is 49.1 Å². The molecule has 3 saturated heterocycles. The molecule has 0 aliphatic carbocycles. The Bertz CT molecular complexity index is 1270. The molecule has 1 spiro atoms. The Hall–Kier alpha value is -2.97. The van der Waals surface area contributed by atoms with Crippen molar-refractivity contribution in [2.24, 2.45) is 23.2 Å². The van der Waals surface area contributed by atoms with Crippen LogP contribution in [0, 0.1) is 23.2 Å². The number of ether oxygens (including phenoxy) is 1. The molecule has 7 atom stereocenters. The monoisotopic (exact) mass is 607 g/mol. The van der Waals surface area contributed by atoms with Crippen LogP contribution < -0.4 is 4.90 Å². The van der Waals surface area contributed by atoms with Gasteiger partial charge in [-0.05, 0) is 63.5 Å². The second-order valence-electron chi connectivity index (χ2n) is 15.1. The molecule has 1 aromatic rings. The molecule has 8 nitrogen and oxygen atoms in total. The van der Waals surface area contributed by atoms with E-state index in [-0.39, 0.29) is 42.2 Å². The molecular formula is C36H53N3O5. The largest absolute Gasteiger partial charge is 0.394 e. The molecule has 3 aliphatic heterocycles. The van der Waals surface area contributed by atoms with Crippen LogP contribution in [0.3, 0.4) is 0 Å². The first kappa shape index (κ1) is 33.9. The van der Waals surface area contributed by atoms with E-state index in [0.717, 1.165) is 6.42 Å². The smallest absolute Gasteiger partial charge is 0.249 e. The highest BCUT2D eigenvalue weighted by Gasteiger charge is 2.80. The number of aliphatic hydroxyl groups excluding tert-OH is 1. The molecule has 1 N–H and O–H groups in total. The Morgan fingerprint density at radius 3 is 2.25 bits per heavy atom. The zero-order valence-corrected chi connectivity index (χ0v) is 28.0. The van der Waals surface area contributed by atoms with Crippen LogP contribution in [-0.2, 0) is 19.1 Å². The Kier molecular flexibility index (Phi) is 9.32. The zero-order valence-electron chi connectivity index (χ0n) is 28.0. The number of fused-ring (bicyclic) bond motifs is 1. The number of hydrogen-bond acceptors (Lipinski definition) is 5. The molecule has 0 radical (unpaired) electrons. The number of benzene rings is 1. The lowest BCUT2D eigenvalue weighted by Crippen LogP contribution is -2.62. The Balaban J connectivity index is 1.89. The summed E-state index contributed by atoms with van der Waals surface area (Å²) < 4.78 is 7.01. The first-order valence-corrected chi connectivity index (χ1v) is 16.1. The molecule has 0 aromatic heterocycles. The SMILES string of the molecule is C=CCN(C(=O)[C@H]1[C@H]2C(=O)N([C@@H](CC)CO)C(C(=O)N(CC=C)C(C)(C)CC(C)(C)C)C23CC(C)[C@]1(C)O3)c1ccccc1. The van der Waals surface area contributed by atoms with Crippen LogP contribution in [-0.4, -0.2) is 81.1 Å². The zero-order chi connectivity index (χ0) is 32.8. The Morgan fingerprint density at radius 1 is 1.11 bits per heavy atom. The van der Waals surface area contributed by atoms with Crippen molar-refractivity contribution >= 4 is 23.4 Å². The summed E-state index contributed by atoms with van der Waals surface area (Å²) in [5.41, 5.74) is -2.09. The number of amides is 3. The van der Waals surface area contributed by atoms with Gasteiger partial charge in [-0.3, -0.25) is 14.4 Å². The highest BCUT2D eigenvalue weighted by Crippen LogP contribution is 2.66. The number of carbonyl (C=O) groups is 3. The summed E-state index contributed by atoms with van der Waals surface area (Å²) >= 11 is 0. The van der Waals surface area contributed by atoms with E-state index in [2.05, 4.69) is 54.7 Å². The van der Waals surface area contributed by atoms with Crippen molar-refractivity contribution in [2.75, 3.05) is 24.6 Å². The van der Waals surface area contributed by atoms with Gasteiger partial charge >= 0.3 is 0 Å². The van der Waals surface area contributed by atoms with Crippen molar-refractivity contribution in [3.63, 3.8) is 0 Å². The van der Waals surface area contributed by atoms with Crippen molar-refractivity contribution in [3.05, 3.63) is 55.6 Å². The molecule has 44 heavy (non-hydrogen) atoms. The Labute approximate surface area is 264 Å². The predicted octanol–water partition coefficient (Wildman–Crippen LogP) is 5.22. The molecule has 0 saturated carbocycles. The first-order valence-electron chi connectivity index (χ1n) is 16.1. The van der Waals surface area contributed by atoms with E-state index in [1.54, 1.807) is 22.0 Å². The lowest BCUT2D eigenvalue weighted by atomic mass is 9.62. The molecular weight excluding hydrogens is 554 g/mol. The van der Waals surface area contributed by atoms with E-state index in [0.29, 0.717) is 25.1 Å². The van der Waals surface area contributed by atoms with Gasteiger partial charge < -0.3 is 24.5 Å². The quantitative estimate of drug-likeness (QED) is 0.329. The van der Waals surface area contributed by atoms with Crippen molar-refractivity contribution in [2.45, 2.75) is 103 Å². The number of aliphatic hydroxyl groups is 1. The second-order valence-corrected chi connectivity index (χ2v) is 15.1. The fraction of sp³-hybridized carbons (Fsp3) is 0.639. The van der Waals surface area contributed by atoms with Crippen LogP contribution in [0.1, 0.15) is 74.7 Å². The maximum absolute atomic E-state index is 15.0. The van der Waals surface area contributed by atoms with Crippen LogP contribution in [0.5, 0.6) is 0 Å². The van der Waals surface area contributed by atoms with Crippen molar-refractivity contribution in [1.82, 2.24) is 9.80 Å². The van der Waals surface area contributed by atoms with Gasteiger partial charge in [0.25, 0.3) is 0 Å². The van der Waals surface area contributed by atoms with Gasteiger partial charge in [-0.25, -0.2) is 0 Å². The molecule has 3 amide bonds. The number of carbonyl (C=O) groups excluding carboxylic acids is 3. The number of anilines is 1. The summed E-state index contributed by atoms with van der Waals surface area (Å²) in [7, 11) is 0. The normalized spacial score (nSPS) is 30.2. The third-order valence-electron chi connectivity index (χ3n) is 10.2. The van der Waals surface area contributed by atoms with Gasteiger partial charge in [0.2, 0.25) is 17.7 Å². The van der Waals surface area contributed by atoms with Crippen molar-refractivity contribution in [3.8, 4) is 0 Å². The molecule has 242 valence electrons. The van der Waals surface area contributed by atoms with E-state index >= 15 is 4.79 Å². The van der Waals surface area contributed by atoms with Crippen LogP contribution in [0.2, 0.25) is 0 Å². The minimum atomic E-state index is -1.21. The van der Waals surface area contributed by atoms with Gasteiger partial charge in [-0.2, -0.15) is 0 Å². The third kappa shape index (κ3) is 5.42. The molecule has 3 aliphatic rings. The van der Waals surface area contributed by atoms with Crippen LogP contribution in [0.25, 0.3) is 0 Å². The predicted molar refractivity (Wildman–Crippen MR) is 174 cm³/mol. The average molecular weight is 608 g/mol. The van der Waals surface area contributed by atoms with E-state index in [4.69, 9.17) is 4.74 Å². The summed E-state index contributed by atoms with van der Waals surface area (Å²) in [6.07, 6.45) is 5.04. The molecule has 3 unspecified atom stereocenters. The van der Waals surface area contributed by atoms with Gasteiger partial charge in [0.05, 0.1) is 30.1 Å². The second kappa shape index (κ2) is 12.1. The lowest BCUT2D eigenvalue weighted by Gasteiger charge is -2.46. The lowest BCUT2D eigenvalue weighted by molar-refractivity contribution is -0.159. The molecule has 3 heterocycles. The van der Waals surface area contributed by atoms with Crippen molar-refractivity contribution < 1.29 is 24.2 Å². The van der Waals surface area contributed by atoms with E-state index < -0.39 is 40.7 Å². The van der Waals surface area contributed by atoms with E-state index in [9.17, 15) is 14.7 Å². The summed E-state index contributed by atoms with van der Waals surface area (Å²) in [6, 6.07) is 7.81. The highest BCUT2D eigenvalue weighted by atomic mass is 16.5. The fourth-order valence-corrected chi connectivity index (χ4v) is 8.67.